The molecule has 0 radical (unpaired) electrons. The molecule has 0 aromatic heterocycles. The second kappa shape index (κ2) is 6.45. The van der Waals surface area contributed by atoms with E-state index in [9.17, 15) is 4.79 Å². The van der Waals surface area contributed by atoms with Crippen molar-refractivity contribution >= 4 is 11.6 Å². The molecule has 1 aromatic rings. The van der Waals surface area contributed by atoms with Gasteiger partial charge in [0.15, 0.2) is 0 Å². The first-order valence-corrected chi connectivity index (χ1v) is 6.88. The molecule has 0 saturated heterocycles. The minimum atomic E-state index is 0.140. The SMILES string of the molecule is CN(CC1CCC1)C(=O)CCOc1ccccc1N. The number of nitrogens with zero attached hydrogens (tertiary/aromatic N) is 1. The molecule has 0 spiro atoms. The maximum atomic E-state index is 11.9. The topological polar surface area (TPSA) is 55.6 Å². The van der Waals surface area contributed by atoms with Gasteiger partial charge in [-0.05, 0) is 30.9 Å². The van der Waals surface area contributed by atoms with Crippen molar-refractivity contribution in [3.05, 3.63) is 24.3 Å². The van der Waals surface area contributed by atoms with Crippen molar-refractivity contribution < 1.29 is 9.53 Å². The maximum absolute atomic E-state index is 11.9. The van der Waals surface area contributed by atoms with Crippen molar-refractivity contribution in [3.8, 4) is 5.75 Å². The van der Waals surface area contributed by atoms with Crippen LogP contribution >= 0.6 is 0 Å². The Morgan fingerprint density at radius 1 is 1.42 bits per heavy atom. The number of anilines is 1. The van der Waals surface area contributed by atoms with E-state index in [1.54, 1.807) is 6.07 Å². The molecule has 0 unspecified atom stereocenters. The van der Waals surface area contributed by atoms with Gasteiger partial charge in [0.1, 0.15) is 5.75 Å². The van der Waals surface area contributed by atoms with Gasteiger partial charge in [-0.3, -0.25) is 4.79 Å². The highest BCUT2D eigenvalue weighted by Gasteiger charge is 2.21. The highest BCUT2D eigenvalue weighted by Crippen LogP contribution is 2.26. The summed E-state index contributed by atoms with van der Waals surface area (Å²) in [6, 6.07) is 7.34. The van der Waals surface area contributed by atoms with Gasteiger partial charge in [0.05, 0.1) is 18.7 Å². The summed E-state index contributed by atoms with van der Waals surface area (Å²) in [5.74, 6) is 1.50. The molecule has 19 heavy (non-hydrogen) atoms. The molecule has 1 aliphatic carbocycles. The number of para-hydroxylation sites is 2. The number of ether oxygens (including phenoxy) is 1. The van der Waals surface area contributed by atoms with Crippen LogP contribution in [-0.4, -0.2) is 31.0 Å². The first-order valence-electron chi connectivity index (χ1n) is 6.88. The van der Waals surface area contributed by atoms with Crippen LogP contribution in [0.5, 0.6) is 5.75 Å². The third-order valence-corrected chi connectivity index (χ3v) is 3.68. The van der Waals surface area contributed by atoms with E-state index < -0.39 is 0 Å². The summed E-state index contributed by atoms with van der Waals surface area (Å²) in [6.07, 6.45) is 4.23. The molecule has 1 saturated carbocycles. The summed E-state index contributed by atoms with van der Waals surface area (Å²) in [5, 5.41) is 0. The Morgan fingerprint density at radius 3 is 2.79 bits per heavy atom. The van der Waals surface area contributed by atoms with Crippen molar-refractivity contribution in [1.82, 2.24) is 4.90 Å². The van der Waals surface area contributed by atoms with E-state index in [2.05, 4.69) is 0 Å². The predicted molar refractivity (Wildman–Crippen MR) is 75.9 cm³/mol. The van der Waals surface area contributed by atoms with Gasteiger partial charge < -0.3 is 15.4 Å². The summed E-state index contributed by atoms with van der Waals surface area (Å²) in [7, 11) is 1.87. The Bertz CT molecular complexity index is 430. The summed E-state index contributed by atoms with van der Waals surface area (Å²) in [6.45, 7) is 1.26. The van der Waals surface area contributed by atoms with Gasteiger partial charge in [-0.25, -0.2) is 0 Å². The molecular formula is C15H22N2O2. The third kappa shape index (κ3) is 3.88. The van der Waals surface area contributed by atoms with Crippen molar-refractivity contribution in [2.45, 2.75) is 25.7 Å². The van der Waals surface area contributed by atoms with Crippen molar-refractivity contribution in [3.63, 3.8) is 0 Å². The van der Waals surface area contributed by atoms with Crippen LogP contribution in [0.4, 0.5) is 5.69 Å². The fourth-order valence-electron chi connectivity index (χ4n) is 2.22. The Morgan fingerprint density at radius 2 is 2.16 bits per heavy atom. The van der Waals surface area contributed by atoms with Gasteiger partial charge in [-0.15, -0.1) is 0 Å². The van der Waals surface area contributed by atoms with Crippen LogP contribution in [0, 0.1) is 5.92 Å². The van der Waals surface area contributed by atoms with Gasteiger partial charge in [-0.2, -0.15) is 0 Å². The lowest BCUT2D eigenvalue weighted by molar-refractivity contribution is -0.131. The van der Waals surface area contributed by atoms with Crippen LogP contribution in [0.1, 0.15) is 25.7 Å². The average molecular weight is 262 g/mol. The minimum Gasteiger partial charge on any atom is -0.491 e. The van der Waals surface area contributed by atoms with Crippen molar-refractivity contribution in [1.29, 1.82) is 0 Å². The Hall–Kier alpha value is -1.71. The molecule has 1 aliphatic rings. The summed E-state index contributed by atoms with van der Waals surface area (Å²) in [5.41, 5.74) is 6.38. The molecule has 4 heteroatoms. The number of hydrogen-bond acceptors (Lipinski definition) is 3. The van der Waals surface area contributed by atoms with E-state index in [0.29, 0.717) is 30.4 Å². The summed E-state index contributed by atoms with van der Waals surface area (Å²) >= 11 is 0. The molecule has 1 fully saturated rings. The highest BCUT2D eigenvalue weighted by atomic mass is 16.5. The van der Waals surface area contributed by atoms with Gasteiger partial charge >= 0.3 is 0 Å². The molecule has 104 valence electrons. The smallest absolute Gasteiger partial charge is 0.225 e. The molecule has 0 atom stereocenters. The average Bonchev–Trinajstić information content (AvgIpc) is 2.35. The number of rotatable bonds is 6. The van der Waals surface area contributed by atoms with Gasteiger partial charge in [0, 0.05) is 13.6 Å². The molecule has 4 nitrogen and oxygen atoms in total. The number of carbonyl (C=O) groups is 1. The number of carbonyl (C=O) groups excluding carboxylic acids is 1. The monoisotopic (exact) mass is 262 g/mol. The third-order valence-electron chi connectivity index (χ3n) is 3.68. The maximum Gasteiger partial charge on any atom is 0.225 e. The van der Waals surface area contributed by atoms with Crippen LogP contribution in [0.3, 0.4) is 0 Å². The zero-order chi connectivity index (χ0) is 13.7. The van der Waals surface area contributed by atoms with Crippen molar-refractivity contribution in [2.24, 2.45) is 5.92 Å². The highest BCUT2D eigenvalue weighted by molar-refractivity contribution is 5.76. The second-order valence-electron chi connectivity index (χ2n) is 5.21. The first-order chi connectivity index (χ1) is 9.16. The predicted octanol–water partition coefficient (Wildman–Crippen LogP) is 2.30. The van der Waals surface area contributed by atoms with E-state index in [1.165, 1.54) is 19.3 Å². The molecular weight excluding hydrogens is 240 g/mol. The van der Waals surface area contributed by atoms with E-state index in [1.807, 2.05) is 30.1 Å². The number of benzene rings is 1. The normalized spacial score (nSPS) is 14.8. The molecule has 0 heterocycles. The summed E-state index contributed by atoms with van der Waals surface area (Å²) in [4.78, 5) is 13.7. The molecule has 2 rings (SSSR count). The molecule has 2 N–H and O–H groups in total. The van der Waals surface area contributed by atoms with E-state index in [-0.39, 0.29) is 5.91 Å². The van der Waals surface area contributed by atoms with E-state index in [0.717, 1.165) is 6.54 Å². The molecule has 0 bridgehead atoms. The number of hydrogen-bond donors (Lipinski definition) is 1. The van der Waals surface area contributed by atoms with Crippen LogP contribution < -0.4 is 10.5 Å². The summed E-state index contributed by atoms with van der Waals surface area (Å²) < 4.78 is 5.53. The minimum absolute atomic E-state index is 0.140. The number of nitrogens with two attached hydrogens (primary N) is 1. The second-order valence-corrected chi connectivity index (χ2v) is 5.21. The standard InChI is InChI=1S/C15H22N2O2/c1-17(11-12-5-4-6-12)15(18)9-10-19-14-8-3-2-7-13(14)16/h2-3,7-8,12H,4-6,9-11,16H2,1H3. The Labute approximate surface area is 114 Å². The zero-order valence-electron chi connectivity index (χ0n) is 11.5. The fourth-order valence-corrected chi connectivity index (χ4v) is 2.22. The molecule has 1 amide bonds. The Kier molecular flexibility index (Phi) is 4.66. The van der Waals surface area contributed by atoms with Gasteiger partial charge in [0.25, 0.3) is 0 Å². The van der Waals surface area contributed by atoms with E-state index >= 15 is 0 Å². The first kappa shape index (κ1) is 13.7. The largest absolute Gasteiger partial charge is 0.491 e. The van der Waals surface area contributed by atoms with Gasteiger partial charge in [-0.1, -0.05) is 18.6 Å². The number of amides is 1. The fraction of sp³-hybridized carbons (Fsp3) is 0.533. The van der Waals surface area contributed by atoms with Gasteiger partial charge in [0.2, 0.25) is 5.91 Å². The zero-order valence-corrected chi connectivity index (χ0v) is 11.5. The Balaban J connectivity index is 1.69. The lowest BCUT2D eigenvalue weighted by Crippen LogP contribution is -2.34. The quantitative estimate of drug-likeness (QED) is 0.800. The van der Waals surface area contributed by atoms with Crippen molar-refractivity contribution in [2.75, 3.05) is 25.9 Å². The number of nitrogen functional groups attached to an aromatic ring is 1. The lowest BCUT2D eigenvalue weighted by atomic mass is 9.85. The van der Waals surface area contributed by atoms with E-state index in [4.69, 9.17) is 10.5 Å². The van der Waals surface area contributed by atoms with Crippen LogP contribution in [0.2, 0.25) is 0 Å². The van der Waals surface area contributed by atoms with Crippen LogP contribution in [-0.2, 0) is 4.79 Å². The lowest BCUT2D eigenvalue weighted by Gasteiger charge is -2.30. The van der Waals surface area contributed by atoms with Crippen LogP contribution in [0.25, 0.3) is 0 Å². The molecule has 1 aromatic carbocycles. The molecule has 0 aliphatic heterocycles. The van der Waals surface area contributed by atoms with Crippen LogP contribution in [0.15, 0.2) is 24.3 Å².